The zero-order chi connectivity index (χ0) is 9.14. The van der Waals surface area contributed by atoms with Crippen molar-refractivity contribution in [3.63, 3.8) is 0 Å². The van der Waals surface area contributed by atoms with Gasteiger partial charge in [-0.05, 0) is 25.5 Å². The topological polar surface area (TPSA) is 9.23 Å². The maximum absolute atomic E-state index is 13.1. The van der Waals surface area contributed by atoms with Crippen LogP contribution in [0.5, 0.6) is 5.75 Å². The van der Waals surface area contributed by atoms with E-state index in [9.17, 15) is 8.78 Å². The largest absolute Gasteiger partial charge is 0.488 e. The molecule has 12 heavy (non-hydrogen) atoms. The average molecular weight is 172 g/mol. The van der Waals surface area contributed by atoms with Crippen molar-refractivity contribution < 1.29 is 13.5 Å². The number of ether oxygens (including phenoxy) is 1. The van der Waals surface area contributed by atoms with E-state index in [1.165, 1.54) is 12.1 Å². The first-order chi connectivity index (χ1) is 5.66. The van der Waals surface area contributed by atoms with E-state index in [0.717, 1.165) is 0 Å². The van der Waals surface area contributed by atoms with Crippen LogP contribution in [0.25, 0.3) is 0 Å². The van der Waals surface area contributed by atoms with E-state index < -0.39 is 11.6 Å². The van der Waals surface area contributed by atoms with Gasteiger partial charge in [-0.25, -0.2) is 8.78 Å². The van der Waals surface area contributed by atoms with Crippen LogP contribution in [0.4, 0.5) is 8.78 Å². The SMILES string of the molecule is CCOc1c(F)ccc(C)c1F. The molecule has 0 aliphatic heterocycles. The predicted molar refractivity (Wildman–Crippen MR) is 42.3 cm³/mol. The van der Waals surface area contributed by atoms with Gasteiger partial charge in [0, 0.05) is 0 Å². The summed E-state index contributed by atoms with van der Waals surface area (Å²) in [6, 6.07) is 2.58. The Balaban J connectivity index is 3.14. The van der Waals surface area contributed by atoms with Crippen molar-refractivity contribution in [2.45, 2.75) is 13.8 Å². The van der Waals surface area contributed by atoms with Gasteiger partial charge in [0.05, 0.1) is 6.61 Å². The zero-order valence-corrected chi connectivity index (χ0v) is 7.03. The fourth-order valence-electron chi connectivity index (χ4n) is 0.908. The summed E-state index contributed by atoms with van der Waals surface area (Å²) in [7, 11) is 0. The van der Waals surface area contributed by atoms with E-state index >= 15 is 0 Å². The molecule has 0 bridgehead atoms. The third kappa shape index (κ3) is 1.55. The summed E-state index contributed by atoms with van der Waals surface area (Å²) in [5, 5.41) is 0. The molecule has 0 fully saturated rings. The smallest absolute Gasteiger partial charge is 0.190 e. The van der Waals surface area contributed by atoms with Crippen molar-refractivity contribution in [2.75, 3.05) is 6.61 Å². The Kier molecular flexibility index (Phi) is 2.63. The van der Waals surface area contributed by atoms with Gasteiger partial charge in [0.15, 0.2) is 17.4 Å². The molecule has 0 amide bonds. The molecule has 0 aliphatic carbocycles. The van der Waals surface area contributed by atoms with E-state index in [1.54, 1.807) is 13.8 Å². The quantitative estimate of drug-likeness (QED) is 0.666. The molecule has 0 saturated carbocycles. The minimum absolute atomic E-state index is 0.261. The molecular weight excluding hydrogens is 162 g/mol. The lowest BCUT2D eigenvalue weighted by molar-refractivity contribution is 0.302. The van der Waals surface area contributed by atoms with Crippen LogP contribution in [-0.4, -0.2) is 6.61 Å². The summed E-state index contributed by atoms with van der Waals surface area (Å²) >= 11 is 0. The van der Waals surface area contributed by atoms with Crippen molar-refractivity contribution >= 4 is 0 Å². The molecular formula is C9H10F2O. The highest BCUT2D eigenvalue weighted by molar-refractivity contribution is 5.31. The summed E-state index contributed by atoms with van der Waals surface area (Å²) in [5.74, 6) is -1.55. The average Bonchev–Trinajstić information content (AvgIpc) is 2.06. The number of aryl methyl sites for hydroxylation is 1. The summed E-state index contributed by atoms with van der Waals surface area (Å²) in [6.45, 7) is 3.51. The number of hydrogen-bond acceptors (Lipinski definition) is 1. The fraction of sp³-hybridized carbons (Fsp3) is 0.333. The first-order valence-corrected chi connectivity index (χ1v) is 3.74. The van der Waals surface area contributed by atoms with Gasteiger partial charge in [0.2, 0.25) is 0 Å². The molecule has 1 aromatic rings. The summed E-state index contributed by atoms with van der Waals surface area (Å²) in [6.07, 6.45) is 0. The lowest BCUT2D eigenvalue weighted by atomic mass is 10.2. The molecule has 0 atom stereocenters. The van der Waals surface area contributed by atoms with Crippen LogP contribution in [0.2, 0.25) is 0 Å². The summed E-state index contributed by atoms with van der Waals surface area (Å²) in [5.41, 5.74) is 0.389. The van der Waals surface area contributed by atoms with Gasteiger partial charge in [0.25, 0.3) is 0 Å². The van der Waals surface area contributed by atoms with E-state index in [2.05, 4.69) is 0 Å². The fourth-order valence-corrected chi connectivity index (χ4v) is 0.908. The molecule has 66 valence electrons. The van der Waals surface area contributed by atoms with Gasteiger partial charge < -0.3 is 4.74 Å². The number of halogens is 2. The third-order valence-corrected chi connectivity index (χ3v) is 1.53. The predicted octanol–water partition coefficient (Wildman–Crippen LogP) is 2.67. The molecule has 0 N–H and O–H groups in total. The van der Waals surface area contributed by atoms with E-state index in [4.69, 9.17) is 4.74 Å². The number of benzene rings is 1. The Hall–Kier alpha value is -1.12. The summed E-state index contributed by atoms with van der Waals surface area (Å²) in [4.78, 5) is 0. The van der Waals surface area contributed by atoms with Crippen molar-refractivity contribution in [3.8, 4) is 5.75 Å². The molecule has 0 aromatic heterocycles. The highest BCUT2D eigenvalue weighted by Gasteiger charge is 2.11. The van der Waals surface area contributed by atoms with Gasteiger partial charge in [-0.2, -0.15) is 0 Å². The lowest BCUT2D eigenvalue weighted by Crippen LogP contribution is -1.99. The van der Waals surface area contributed by atoms with Crippen LogP contribution in [0.3, 0.4) is 0 Å². The second kappa shape index (κ2) is 3.52. The van der Waals surface area contributed by atoms with Crippen LogP contribution in [0.1, 0.15) is 12.5 Å². The minimum Gasteiger partial charge on any atom is -0.488 e. The highest BCUT2D eigenvalue weighted by atomic mass is 19.1. The molecule has 1 aromatic carbocycles. The zero-order valence-electron chi connectivity index (χ0n) is 7.03. The van der Waals surface area contributed by atoms with Crippen LogP contribution in [-0.2, 0) is 0 Å². The Morgan fingerprint density at radius 2 is 2.00 bits per heavy atom. The molecule has 3 heteroatoms. The van der Waals surface area contributed by atoms with Crippen molar-refractivity contribution in [1.82, 2.24) is 0 Å². The van der Waals surface area contributed by atoms with Gasteiger partial charge >= 0.3 is 0 Å². The normalized spacial score (nSPS) is 10.0. The van der Waals surface area contributed by atoms with Crippen LogP contribution in [0, 0.1) is 18.6 Å². The lowest BCUT2D eigenvalue weighted by Gasteiger charge is -2.06. The van der Waals surface area contributed by atoms with Crippen molar-refractivity contribution in [2.24, 2.45) is 0 Å². The minimum atomic E-state index is -0.653. The van der Waals surface area contributed by atoms with Crippen LogP contribution < -0.4 is 4.74 Å². The van der Waals surface area contributed by atoms with Gasteiger partial charge in [0.1, 0.15) is 0 Å². The first kappa shape index (κ1) is 8.97. The van der Waals surface area contributed by atoms with Crippen molar-refractivity contribution in [3.05, 3.63) is 29.3 Å². The standard InChI is InChI=1S/C9H10F2O/c1-3-12-9-7(10)5-4-6(2)8(9)11/h4-5H,3H2,1-2H3. The third-order valence-electron chi connectivity index (χ3n) is 1.53. The van der Waals surface area contributed by atoms with Gasteiger partial charge in [-0.1, -0.05) is 6.07 Å². The Morgan fingerprint density at radius 3 is 2.58 bits per heavy atom. The molecule has 1 nitrogen and oxygen atoms in total. The summed E-state index contributed by atoms with van der Waals surface area (Å²) < 4.78 is 30.7. The van der Waals surface area contributed by atoms with Crippen molar-refractivity contribution in [1.29, 1.82) is 0 Å². The van der Waals surface area contributed by atoms with E-state index in [0.29, 0.717) is 5.56 Å². The van der Waals surface area contributed by atoms with Crippen LogP contribution >= 0.6 is 0 Å². The Bertz CT molecular complexity index is 284. The molecule has 0 radical (unpaired) electrons. The maximum Gasteiger partial charge on any atom is 0.190 e. The second-order valence-corrected chi connectivity index (χ2v) is 2.44. The Morgan fingerprint density at radius 1 is 1.33 bits per heavy atom. The highest BCUT2D eigenvalue weighted by Crippen LogP contribution is 2.23. The molecule has 0 spiro atoms. The van der Waals surface area contributed by atoms with E-state index in [-0.39, 0.29) is 12.4 Å². The molecule has 0 saturated heterocycles. The van der Waals surface area contributed by atoms with Gasteiger partial charge in [-0.15, -0.1) is 0 Å². The number of hydrogen-bond donors (Lipinski definition) is 0. The van der Waals surface area contributed by atoms with E-state index in [1.807, 2.05) is 0 Å². The Labute approximate surface area is 70.0 Å². The maximum atomic E-state index is 13.1. The monoisotopic (exact) mass is 172 g/mol. The molecule has 1 rings (SSSR count). The molecule has 0 unspecified atom stereocenters. The van der Waals surface area contributed by atoms with Gasteiger partial charge in [-0.3, -0.25) is 0 Å². The van der Waals surface area contributed by atoms with Crippen LogP contribution in [0.15, 0.2) is 12.1 Å². The second-order valence-electron chi connectivity index (χ2n) is 2.44. The number of rotatable bonds is 2. The molecule has 0 heterocycles. The first-order valence-electron chi connectivity index (χ1n) is 3.74. The molecule has 0 aliphatic rings.